The van der Waals surface area contributed by atoms with Gasteiger partial charge in [-0.15, -0.1) is 0 Å². The van der Waals surface area contributed by atoms with E-state index in [4.69, 9.17) is 0 Å². The van der Waals surface area contributed by atoms with Crippen LogP contribution in [0.2, 0.25) is 0 Å². The quantitative estimate of drug-likeness (QED) is 0.665. The fourth-order valence-corrected chi connectivity index (χ4v) is 3.87. The number of quaternary nitrogens is 1. The lowest BCUT2D eigenvalue weighted by Gasteiger charge is -2.34. The second-order valence-electron chi connectivity index (χ2n) is 7.78. The third-order valence-corrected chi connectivity index (χ3v) is 5.65. The molecule has 0 bridgehead atoms. The molecule has 0 heterocycles. The molecule has 27 heavy (non-hydrogen) atoms. The smallest absolute Gasteiger partial charge is 0.141 e. The van der Waals surface area contributed by atoms with Crippen molar-refractivity contribution in [3.63, 3.8) is 0 Å². The van der Waals surface area contributed by atoms with Gasteiger partial charge in [0.2, 0.25) is 0 Å². The van der Waals surface area contributed by atoms with Crippen LogP contribution in [0, 0.1) is 13.8 Å². The van der Waals surface area contributed by atoms with Crippen LogP contribution >= 0.6 is 0 Å². The van der Waals surface area contributed by atoms with Gasteiger partial charge in [0, 0.05) is 11.1 Å². The number of nitrogens with one attached hydrogen (secondary N) is 1. The number of rotatable bonds is 5. The average Bonchev–Trinajstić information content (AvgIpc) is 2.67. The number of aryl methyl sites for hydroxylation is 2. The highest BCUT2D eigenvalue weighted by atomic mass is 16.3. The summed E-state index contributed by atoms with van der Waals surface area (Å²) in [6, 6.07) is 24.9. The largest absolute Gasteiger partial charge is 0.376 e. The zero-order valence-corrected chi connectivity index (χ0v) is 17.0. The maximum atomic E-state index is 12.3. The van der Waals surface area contributed by atoms with Gasteiger partial charge in [-0.25, -0.2) is 0 Å². The Morgan fingerprint density at radius 1 is 0.815 bits per heavy atom. The molecule has 3 aromatic carbocycles. The molecule has 0 radical (unpaired) electrons. The molecule has 0 saturated heterocycles. The Morgan fingerprint density at radius 3 is 2.07 bits per heavy atom. The highest BCUT2D eigenvalue weighted by Gasteiger charge is 2.38. The van der Waals surface area contributed by atoms with Crippen molar-refractivity contribution >= 4 is 0 Å². The van der Waals surface area contributed by atoms with Crippen LogP contribution in [-0.4, -0.2) is 19.2 Å². The fourth-order valence-electron chi connectivity index (χ4n) is 3.87. The van der Waals surface area contributed by atoms with Gasteiger partial charge in [0.05, 0.1) is 14.1 Å². The van der Waals surface area contributed by atoms with Crippen molar-refractivity contribution in [2.24, 2.45) is 0 Å². The zero-order valence-electron chi connectivity index (χ0n) is 17.0. The summed E-state index contributed by atoms with van der Waals surface area (Å²) in [7, 11) is 4.31. The summed E-state index contributed by atoms with van der Waals surface area (Å²) < 4.78 is 0. The third-order valence-electron chi connectivity index (χ3n) is 5.65. The Labute approximate surface area is 163 Å². The Kier molecular flexibility index (Phi) is 5.50. The van der Waals surface area contributed by atoms with Gasteiger partial charge in [0.15, 0.2) is 0 Å². The molecule has 0 aromatic heterocycles. The minimum atomic E-state index is -1.20. The molecule has 3 aromatic rings. The molecule has 0 unspecified atom stereocenters. The molecular weight excluding hydrogens is 330 g/mol. The van der Waals surface area contributed by atoms with E-state index in [0.717, 1.165) is 22.3 Å². The van der Waals surface area contributed by atoms with Crippen LogP contribution in [-0.2, 0) is 5.60 Å². The molecule has 0 aliphatic heterocycles. The summed E-state index contributed by atoms with van der Waals surface area (Å²) in [6.45, 7) is 6.38. The first-order valence-electron chi connectivity index (χ1n) is 9.60. The van der Waals surface area contributed by atoms with Gasteiger partial charge in [-0.3, -0.25) is 0 Å². The average molecular weight is 361 g/mol. The first-order valence-corrected chi connectivity index (χ1v) is 9.60. The standard InChI is InChI=1S/C25H29NO/c1-18-15-16-23(19(2)17-18)25(27,21-11-7-6-8-12-21)24-14-10-9-13-22(24)20(3)26(4)5/h6-17,20,27H,1-5H3/p+1/t20-,25-/m1/s1. The monoisotopic (exact) mass is 360 g/mol. The fraction of sp³-hybridized carbons (Fsp3) is 0.280. The zero-order chi connectivity index (χ0) is 19.6. The van der Waals surface area contributed by atoms with Crippen LogP contribution in [0.5, 0.6) is 0 Å². The molecule has 0 aliphatic rings. The van der Waals surface area contributed by atoms with E-state index in [-0.39, 0.29) is 6.04 Å². The molecule has 140 valence electrons. The molecule has 0 spiro atoms. The van der Waals surface area contributed by atoms with Crippen molar-refractivity contribution in [3.05, 3.63) is 106 Å². The second kappa shape index (κ2) is 7.67. The summed E-state index contributed by atoms with van der Waals surface area (Å²) in [5.41, 5.74) is 5.06. The van der Waals surface area contributed by atoms with Crippen molar-refractivity contribution in [1.82, 2.24) is 0 Å². The molecule has 3 rings (SSSR count). The molecule has 2 N–H and O–H groups in total. The van der Waals surface area contributed by atoms with Crippen molar-refractivity contribution in [3.8, 4) is 0 Å². The van der Waals surface area contributed by atoms with Crippen LogP contribution in [0.1, 0.15) is 46.3 Å². The predicted molar refractivity (Wildman–Crippen MR) is 112 cm³/mol. The van der Waals surface area contributed by atoms with Crippen LogP contribution in [0.15, 0.2) is 72.8 Å². The number of hydrogen-bond acceptors (Lipinski definition) is 1. The normalized spacial score (nSPS) is 14.8. The van der Waals surface area contributed by atoms with E-state index in [0.29, 0.717) is 0 Å². The van der Waals surface area contributed by atoms with Crippen LogP contribution in [0.4, 0.5) is 0 Å². The summed E-state index contributed by atoms with van der Waals surface area (Å²) in [5, 5.41) is 12.3. The van der Waals surface area contributed by atoms with Crippen molar-refractivity contribution in [2.75, 3.05) is 14.1 Å². The van der Waals surface area contributed by atoms with Gasteiger partial charge in [-0.2, -0.15) is 0 Å². The van der Waals surface area contributed by atoms with Gasteiger partial charge in [0.1, 0.15) is 11.6 Å². The minimum absolute atomic E-state index is 0.266. The lowest BCUT2D eigenvalue weighted by Crippen LogP contribution is -3.05. The van der Waals surface area contributed by atoms with Crippen molar-refractivity contribution in [2.45, 2.75) is 32.4 Å². The number of aliphatic hydroxyl groups is 1. The van der Waals surface area contributed by atoms with Crippen molar-refractivity contribution in [1.29, 1.82) is 0 Å². The second-order valence-corrected chi connectivity index (χ2v) is 7.78. The van der Waals surface area contributed by atoms with E-state index >= 15 is 0 Å². The van der Waals surface area contributed by atoms with E-state index in [9.17, 15) is 5.11 Å². The first-order chi connectivity index (χ1) is 12.9. The molecule has 0 saturated carbocycles. The third kappa shape index (κ3) is 3.55. The van der Waals surface area contributed by atoms with Gasteiger partial charge < -0.3 is 10.0 Å². The van der Waals surface area contributed by atoms with E-state index in [2.05, 4.69) is 71.3 Å². The van der Waals surface area contributed by atoms with Gasteiger partial charge in [-0.1, -0.05) is 78.4 Å². The van der Waals surface area contributed by atoms with Crippen LogP contribution in [0.25, 0.3) is 0 Å². The number of hydrogen-bond donors (Lipinski definition) is 2. The van der Waals surface area contributed by atoms with Crippen molar-refractivity contribution < 1.29 is 10.0 Å². The Bertz CT molecular complexity index is 917. The summed E-state index contributed by atoms with van der Waals surface area (Å²) in [5.74, 6) is 0. The maximum absolute atomic E-state index is 12.3. The van der Waals surface area contributed by atoms with Crippen LogP contribution in [0.3, 0.4) is 0 Å². The number of benzene rings is 3. The van der Waals surface area contributed by atoms with E-state index in [1.54, 1.807) is 0 Å². The van der Waals surface area contributed by atoms with E-state index in [1.807, 2.05) is 36.4 Å². The van der Waals surface area contributed by atoms with Gasteiger partial charge >= 0.3 is 0 Å². The Morgan fingerprint density at radius 2 is 1.44 bits per heavy atom. The first kappa shape index (κ1) is 19.3. The molecule has 0 aliphatic carbocycles. The summed E-state index contributed by atoms with van der Waals surface area (Å²) in [4.78, 5) is 1.33. The van der Waals surface area contributed by atoms with Gasteiger partial charge in [-0.05, 0) is 37.5 Å². The van der Waals surface area contributed by atoms with Gasteiger partial charge in [0.25, 0.3) is 0 Å². The molecular formula is C25H30NO+. The lowest BCUT2D eigenvalue weighted by molar-refractivity contribution is -0.890. The molecule has 0 fully saturated rings. The van der Waals surface area contributed by atoms with E-state index in [1.165, 1.54) is 16.0 Å². The van der Waals surface area contributed by atoms with E-state index < -0.39 is 5.60 Å². The summed E-state index contributed by atoms with van der Waals surface area (Å²) in [6.07, 6.45) is 0. The Balaban J connectivity index is 2.34. The maximum Gasteiger partial charge on any atom is 0.141 e. The predicted octanol–water partition coefficient (Wildman–Crippen LogP) is 3.79. The highest BCUT2D eigenvalue weighted by molar-refractivity contribution is 5.53. The Hall–Kier alpha value is -2.42. The topological polar surface area (TPSA) is 24.7 Å². The molecule has 0 amide bonds. The lowest BCUT2D eigenvalue weighted by atomic mass is 9.75. The van der Waals surface area contributed by atoms with Crippen LogP contribution < -0.4 is 4.90 Å². The minimum Gasteiger partial charge on any atom is -0.376 e. The molecule has 2 nitrogen and oxygen atoms in total. The molecule has 2 atom stereocenters. The summed E-state index contributed by atoms with van der Waals surface area (Å²) >= 11 is 0. The molecule has 2 heteroatoms. The SMILES string of the molecule is Cc1ccc([C@](O)(c2ccccc2)c2ccccc2[C@@H](C)[NH+](C)C)c(C)c1. The highest BCUT2D eigenvalue weighted by Crippen LogP contribution is 2.41.